The average Bonchev–Trinajstić information content (AvgIpc) is 2.42. The number of fused-ring (bicyclic) bond motifs is 1. The molecule has 0 unspecified atom stereocenters. The number of hydrogen-bond acceptors (Lipinski definition) is 3. The minimum absolute atomic E-state index is 0.536. The van der Waals surface area contributed by atoms with Crippen LogP contribution in [0.2, 0.25) is 0 Å². The lowest BCUT2D eigenvalue weighted by Crippen LogP contribution is -2.09. The first-order valence-electron chi connectivity index (χ1n) is 6.91. The van der Waals surface area contributed by atoms with Crippen LogP contribution in [0.15, 0.2) is 6.07 Å². The van der Waals surface area contributed by atoms with Gasteiger partial charge >= 0.3 is 0 Å². The summed E-state index contributed by atoms with van der Waals surface area (Å²) in [7, 11) is 0. The molecule has 0 aliphatic heterocycles. The second kappa shape index (κ2) is 6.39. The van der Waals surface area contributed by atoms with Gasteiger partial charge in [-0.2, -0.15) is 5.26 Å². The van der Waals surface area contributed by atoms with E-state index in [9.17, 15) is 0 Å². The summed E-state index contributed by atoms with van der Waals surface area (Å²) in [6.45, 7) is 2.83. The number of hydrogen-bond donors (Lipinski definition) is 0. The minimum Gasteiger partial charge on any atom is -0.477 e. The van der Waals surface area contributed by atoms with Crippen LogP contribution in [0.4, 0.5) is 0 Å². The number of nitrogens with zero attached hydrogens (tertiary/aromatic N) is 2. The summed E-state index contributed by atoms with van der Waals surface area (Å²) in [6.07, 6.45) is 7.83. The van der Waals surface area contributed by atoms with E-state index in [4.69, 9.17) is 10.00 Å². The first-order valence-corrected chi connectivity index (χ1v) is 6.91. The molecule has 0 radical (unpaired) electrons. The van der Waals surface area contributed by atoms with E-state index in [-0.39, 0.29) is 0 Å². The van der Waals surface area contributed by atoms with Gasteiger partial charge < -0.3 is 4.74 Å². The van der Waals surface area contributed by atoms with E-state index in [1.54, 1.807) is 0 Å². The van der Waals surface area contributed by atoms with Gasteiger partial charge in [0, 0.05) is 5.69 Å². The molecule has 18 heavy (non-hydrogen) atoms. The summed E-state index contributed by atoms with van der Waals surface area (Å²) in [4.78, 5) is 4.54. The Morgan fingerprint density at radius 1 is 1.33 bits per heavy atom. The van der Waals surface area contributed by atoms with Crippen LogP contribution in [0, 0.1) is 11.3 Å². The van der Waals surface area contributed by atoms with E-state index in [0.29, 0.717) is 18.1 Å². The maximum atomic E-state index is 9.15. The number of pyridine rings is 1. The van der Waals surface area contributed by atoms with E-state index in [1.807, 2.05) is 6.07 Å². The molecule has 1 aliphatic carbocycles. The normalized spacial score (nSPS) is 13.8. The summed E-state index contributed by atoms with van der Waals surface area (Å²) >= 11 is 0. The molecule has 0 fully saturated rings. The third-order valence-corrected chi connectivity index (χ3v) is 3.37. The van der Waals surface area contributed by atoms with Crippen molar-refractivity contribution in [3.05, 3.63) is 22.9 Å². The lowest BCUT2D eigenvalue weighted by Gasteiger charge is -2.16. The van der Waals surface area contributed by atoms with Gasteiger partial charge in [-0.05, 0) is 43.7 Å². The Labute approximate surface area is 109 Å². The highest BCUT2D eigenvalue weighted by Gasteiger charge is 2.15. The molecule has 0 spiro atoms. The summed E-state index contributed by atoms with van der Waals surface area (Å²) in [5.74, 6) is 0.536. The van der Waals surface area contributed by atoms with Crippen LogP contribution in [0.3, 0.4) is 0 Å². The van der Waals surface area contributed by atoms with E-state index in [2.05, 4.69) is 18.0 Å². The van der Waals surface area contributed by atoms with Crippen molar-refractivity contribution in [3.63, 3.8) is 0 Å². The molecule has 0 aromatic carbocycles. The van der Waals surface area contributed by atoms with Crippen molar-refractivity contribution in [2.45, 2.75) is 51.9 Å². The van der Waals surface area contributed by atoms with E-state index >= 15 is 0 Å². The SMILES string of the molecule is CCCCCOc1nc2c(cc1C#N)CCCC2. The summed E-state index contributed by atoms with van der Waals surface area (Å²) in [5, 5.41) is 9.15. The predicted molar refractivity (Wildman–Crippen MR) is 70.6 cm³/mol. The van der Waals surface area contributed by atoms with Crippen LogP contribution >= 0.6 is 0 Å². The molecular formula is C15H20N2O. The van der Waals surface area contributed by atoms with E-state index in [0.717, 1.165) is 31.4 Å². The molecule has 0 bridgehead atoms. The molecule has 0 saturated carbocycles. The van der Waals surface area contributed by atoms with Crippen LogP contribution in [0.1, 0.15) is 55.8 Å². The maximum Gasteiger partial charge on any atom is 0.231 e. The summed E-state index contributed by atoms with van der Waals surface area (Å²) in [6, 6.07) is 4.17. The van der Waals surface area contributed by atoms with Crippen molar-refractivity contribution in [1.29, 1.82) is 5.26 Å². The van der Waals surface area contributed by atoms with Gasteiger partial charge in [-0.3, -0.25) is 0 Å². The summed E-state index contributed by atoms with van der Waals surface area (Å²) in [5.41, 5.74) is 2.96. The predicted octanol–water partition coefficient (Wildman–Crippen LogP) is 3.40. The Bertz CT molecular complexity index is 449. The molecule has 1 heterocycles. The molecule has 1 aromatic rings. The van der Waals surface area contributed by atoms with Crippen molar-refractivity contribution in [1.82, 2.24) is 4.98 Å². The van der Waals surface area contributed by atoms with Crippen LogP contribution in [-0.2, 0) is 12.8 Å². The molecule has 0 saturated heterocycles. The Morgan fingerprint density at radius 3 is 2.94 bits per heavy atom. The van der Waals surface area contributed by atoms with Gasteiger partial charge in [-0.15, -0.1) is 0 Å². The fourth-order valence-corrected chi connectivity index (χ4v) is 2.33. The number of aryl methyl sites for hydroxylation is 2. The fraction of sp³-hybridized carbons (Fsp3) is 0.600. The van der Waals surface area contributed by atoms with Gasteiger partial charge in [0.25, 0.3) is 0 Å². The zero-order valence-electron chi connectivity index (χ0n) is 11.0. The van der Waals surface area contributed by atoms with E-state index in [1.165, 1.54) is 24.8 Å². The molecule has 1 aromatic heterocycles. The minimum atomic E-state index is 0.536. The highest BCUT2D eigenvalue weighted by molar-refractivity contribution is 5.43. The fourth-order valence-electron chi connectivity index (χ4n) is 2.33. The Morgan fingerprint density at radius 2 is 2.17 bits per heavy atom. The first kappa shape index (κ1) is 12.9. The van der Waals surface area contributed by atoms with Crippen LogP contribution in [0.5, 0.6) is 5.88 Å². The smallest absolute Gasteiger partial charge is 0.231 e. The van der Waals surface area contributed by atoms with Crippen LogP contribution in [0.25, 0.3) is 0 Å². The van der Waals surface area contributed by atoms with Crippen LogP contribution < -0.4 is 4.74 Å². The number of rotatable bonds is 5. The maximum absolute atomic E-state index is 9.15. The van der Waals surface area contributed by atoms with Crippen LogP contribution in [-0.4, -0.2) is 11.6 Å². The average molecular weight is 244 g/mol. The Balaban J connectivity index is 2.11. The molecule has 0 atom stereocenters. The number of nitriles is 1. The zero-order valence-corrected chi connectivity index (χ0v) is 11.0. The van der Waals surface area contributed by atoms with Crippen molar-refractivity contribution >= 4 is 0 Å². The molecular weight excluding hydrogens is 224 g/mol. The van der Waals surface area contributed by atoms with Crippen molar-refractivity contribution in [3.8, 4) is 11.9 Å². The van der Waals surface area contributed by atoms with Crippen molar-refractivity contribution in [2.75, 3.05) is 6.61 Å². The third-order valence-electron chi connectivity index (χ3n) is 3.37. The zero-order chi connectivity index (χ0) is 12.8. The lowest BCUT2D eigenvalue weighted by molar-refractivity contribution is 0.292. The monoisotopic (exact) mass is 244 g/mol. The molecule has 0 amide bonds. The van der Waals surface area contributed by atoms with Gasteiger partial charge in [0.2, 0.25) is 5.88 Å². The Kier molecular flexibility index (Phi) is 4.58. The van der Waals surface area contributed by atoms with Gasteiger partial charge in [0.05, 0.1) is 6.61 Å². The third kappa shape index (κ3) is 3.01. The van der Waals surface area contributed by atoms with Gasteiger partial charge in [-0.25, -0.2) is 4.98 Å². The largest absolute Gasteiger partial charge is 0.477 e. The Hall–Kier alpha value is -1.56. The van der Waals surface area contributed by atoms with Crippen molar-refractivity contribution in [2.24, 2.45) is 0 Å². The molecule has 1 aliphatic rings. The first-order chi connectivity index (χ1) is 8.85. The highest BCUT2D eigenvalue weighted by atomic mass is 16.5. The second-order valence-electron chi connectivity index (χ2n) is 4.82. The van der Waals surface area contributed by atoms with Gasteiger partial charge in [0.15, 0.2) is 0 Å². The molecule has 3 heteroatoms. The number of aromatic nitrogens is 1. The highest BCUT2D eigenvalue weighted by Crippen LogP contribution is 2.25. The van der Waals surface area contributed by atoms with E-state index < -0.39 is 0 Å². The number of ether oxygens (including phenoxy) is 1. The quantitative estimate of drug-likeness (QED) is 0.746. The lowest BCUT2D eigenvalue weighted by atomic mass is 9.95. The van der Waals surface area contributed by atoms with Gasteiger partial charge in [0.1, 0.15) is 11.6 Å². The van der Waals surface area contributed by atoms with Crippen molar-refractivity contribution < 1.29 is 4.74 Å². The molecule has 2 rings (SSSR count). The second-order valence-corrected chi connectivity index (χ2v) is 4.82. The summed E-state index contributed by atoms with van der Waals surface area (Å²) < 4.78 is 5.66. The topological polar surface area (TPSA) is 45.9 Å². The molecule has 3 nitrogen and oxygen atoms in total. The number of unbranched alkanes of at least 4 members (excludes halogenated alkanes) is 2. The molecule has 0 N–H and O–H groups in total. The molecule has 96 valence electrons. The van der Waals surface area contributed by atoms with Gasteiger partial charge in [-0.1, -0.05) is 19.8 Å². The standard InChI is InChI=1S/C15H20N2O/c1-2-3-6-9-18-15-13(11-16)10-12-7-4-5-8-14(12)17-15/h10H,2-9H2,1H3.